The van der Waals surface area contributed by atoms with Crippen LogP contribution in [0.1, 0.15) is 27.2 Å². The monoisotopic (exact) mass is 181 g/mol. The van der Waals surface area contributed by atoms with Gasteiger partial charge in [0.1, 0.15) is 0 Å². The zero-order chi connectivity index (χ0) is 10.1. The molecule has 2 amide bonds. The lowest BCUT2D eigenvalue weighted by Crippen LogP contribution is -2.34. The van der Waals surface area contributed by atoms with Crippen LogP contribution >= 0.6 is 0 Å². The van der Waals surface area contributed by atoms with Gasteiger partial charge in [0.25, 0.3) is 5.91 Å². The minimum absolute atomic E-state index is 0.0596. The normalized spacial score (nSPS) is 21.5. The molecule has 0 saturated carbocycles. The first-order chi connectivity index (χ1) is 5.99. The van der Waals surface area contributed by atoms with Gasteiger partial charge in [-0.3, -0.25) is 14.5 Å². The molecule has 0 aromatic rings. The second-order valence-electron chi connectivity index (χ2n) is 3.93. The summed E-state index contributed by atoms with van der Waals surface area (Å²) in [6.45, 7) is 6.06. The molecule has 1 aliphatic heterocycles. The Kier molecular flexibility index (Phi) is 2.55. The van der Waals surface area contributed by atoms with E-state index in [1.807, 2.05) is 13.8 Å². The Morgan fingerprint density at radius 1 is 1.54 bits per heavy atom. The Hall–Kier alpha value is -1.12. The highest BCUT2D eigenvalue weighted by Gasteiger charge is 2.40. The van der Waals surface area contributed by atoms with Crippen LogP contribution < -0.4 is 0 Å². The summed E-state index contributed by atoms with van der Waals surface area (Å²) in [5.74, 6) is -0.256. The van der Waals surface area contributed by atoms with Gasteiger partial charge >= 0.3 is 0 Å². The van der Waals surface area contributed by atoms with Gasteiger partial charge < -0.3 is 0 Å². The molecule has 13 heavy (non-hydrogen) atoms. The van der Waals surface area contributed by atoms with Gasteiger partial charge in [-0.15, -0.1) is 0 Å². The van der Waals surface area contributed by atoms with Crippen LogP contribution in [0.15, 0.2) is 12.2 Å². The molecule has 0 atom stereocenters. The second kappa shape index (κ2) is 3.32. The third kappa shape index (κ3) is 1.79. The molecule has 0 aliphatic carbocycles. The Bertz CT molecular complexity index is 266. The van der Waals surface area contributed by atoms with Crippen LogP contribution in [-0.4, -0.2) is 23.3 Å². The van der Waals surface area contributed by atoms with E-state index in [0.717, 1.165) is 6.42 Å². The molecule has 1 rings (SSSR count). The van der Waals surface area contributed by atoms with Crippen LogP contribution in [0.5, 0.6) is 0 Å². The highest BCUT2D eigenvalue weighted by Crippen LogP contribution is 2.30. The van der Waals surface area contributed by atoms with Crippen molar-refractivity contribution in [1.29, 1.82) is 0 Å². The maximum absolute atomic E-state index is 11.6. The van der Waals surface area contributed by atoms with E-state index in [4.69, 9.17) is 0 Å². The van der Waals surface area contributed by atoms with Gasteiger partial charge in [-0.25, -0.2) is 0 Å². The first-order valence-electron chi connectivity index (χ1n) is 4.47. The van der Waals surface area contributed by atoms with Crippen LogP contribution in [-0.2, 0) is 9.59 Å². The number of allylic oxidation sites excluding steroid dienone is 1. The fourth-order valence-electron chi connectivity index (χ4n) is 1.41. The van der Waals surface area contributed by atoms with Crippen molar-refractivity contribution in [2.24, 2.45) is 5.41 Å². The molecule has 0 aromatic carbocycles. The minimum Gasteiger partial charge on any atom is -0.279 e. The van der Waals surface area contributed by atoms with E-state index in [1.54, 1.807) is 13.0 Å². The van der Waals surface area contributed by atoms with Crippen molar-refractivity contribution in [2.75, 3.05) is 6.54 Å². The number of rotatable bonds is 1. The van der Waals surface area contributed by atoms with Gasteiger partial charge in [-0.05, 0) is 19.4 Å². The van der Waals surface area contributed by atoms with E-state index < -0.39 is 0 Å². The third-order valence-electron chi connectivity index (χ3n) is 2.36. The van der Waals surface area contributed by atoms with Crippen LogP contribution in [0.2, 0.25) is 0 Å². The van der Waals surface area contributed by atoms with Crippen molar-refractivity contribution in [3.8, 4) is 0 Å². The highest BCUT2D eigenvalue weighted by atomic mass is 16.2. The minimum atomic E-state index is -0.364. The Labute approximate surface area is 78.4 Å². The van der Waals surface area contributed by atoms with E-state index in [1.165, 1.54) is 11.0 Å². The summed E-state index contributed by atoms with van der Waals surface area (Å²) in [7, 11) is 0. The molecule has 1 fully saturated rings. The quantitative estimate of drug-likeness (QED) is 0.572. The zero-order valence-corrected chi connectivity index (χ0v) is 8.33. The number of carbonyl (C=O) groups is 2. The van der Waals surface area contributed by atoms with Gasteiger partial charge in [0.15, 0.2) is 0 Å². The predicted molar refractivity (Wildman–Crippen MR) is 49.9 cm³/mol. The summed E-state index contributed by atoms with van der Waals surface area (Å²) >= 11 is 0. The maximum atomic E-state index is 11.6. The number of imide groups is 1. The van der Waals surface area contributed by atoms with Gasteiger partial charge in [0, 0.05) is 12.0 Å². The van der Waals surface area contributed by atoms with E-state index in [-0.39, 0.29) is 17.2 Å². The zero-order valence-electron chi connectivity index (χ0n) is 8.33. The third-order valence-corrected chi connectivity index (χ3v) is 2.36. The molecule has 0 unspecified atom stereocenters. The van der Waals surface area contributed by atoms with Crippen molar-refractivity contribution in [3.05, 3.63) is 12.2 Å². The Balaban J connectivity index is 2.76. The van der Waals surface area contributed by atoms with Crippen LogP contribution in [0.4, 0.5) is 0 Å². The van der Waals surface area contributed by atoms with Crippen molar-refractivity contribution < 1.29 is 9.59 Å². The lowest BCUT2D eigenvalue weighted by molar-refractivity contribution is -0.142. The van der Waals surface area contributed by atoms with Gasteiger partial charge in [0.05, 0.1) is 0 Å². The predicted octanol–water partition coefficient (Wildman–Crippen LogP) is 1.35. The average Bonchev–Trinajstić information content (AvgIpc) is 2.28. The van der Waals surface area contributed by atoms with Gasteiger partial charge in [-0.2, -0.15) is 0 Å². The van der Waals surface area contributed by atoms with Crippen molar-refractivity contribution >= 4 is 11.8 Å². The van der Waals surface area contributed by atoms with Crippen LogP contribution in [0.3, 0.4) is 0 Å². The molecule has 1 saturated heterocycles. The summed E-state index contributed by atoms with van der Waals surface area (Å²) in [5.41, 5.74) is -0.364. The molecule has 3 nitrogen and oxygen atoms in total. The molecule has 3 heteroatoms. The maximum Gasteiger partial charge on any atom is 0.252 e. The first-order valence-corrected chi connectivity index (χ1v) is 4.47. The molecule has 0 N–H and O–H groups in total. The molecule has 72 valence electrons. The molecule has 0 bridgehead atoms. The second-order valence-corrected chi connectivity index (χ2v) is 3.93. The number of amides is 2. The first kappa shape index (κ1) is 9.96. The number of hydrogen-bond acceptors (Lipinski definition) is 2. The van der Waals surface area contributed by atoms with E-state index in [9.17, 15) is 9.59 Å². The average molecular weight is 181 g/mol. The lowest BCUT2D eigenvalue weighted by atomic mass is 9.92. The largest absolute Gasteiger partial charge is 0.279 e. The fourth-order valence-corrected chi connectivity index (χ4v) is 1.41. The van der Waals surface area contributed by atoms with Crippen LogP contribution in [0, 0.1) is 5.41 Å². The van der Waals surface area contributed by atoms with Crippen molar-refractivity contribution in [2.45, 2.75) is 27.2 Å². The van der Waals surface area contributed by atoms with E-state index in [2.05, 4.69) is 0 Å². The molecule has 0 radical (unpaired) electrons. The molecule has 0 spiro atoms. The lowest BCUT2D eigenvalue weighted by Gasteiger charge is -2.16. The smallest absolute Gasteiger partial charge is 0.252 e. The van der Waals surface area contributed by atoms with E-state index in [0.29, 0.717) is 6.54 Å². The molecular formula is C10H15NO2. The number of nitrogens with zero attached hydrogens (tertiary/aromatic N) is 1. The standard InChI is InChI=1S/C10H15NO2/c1-4-5-8(12)11-7-6-10(2,3)9(11)13/h4-5H,6-7H2,1-3H3/b5-4+. The summed E-state index contributed by atoms with van der Waals surface area (Å²) in [5, 5.41) is 0. The number of likely N-dealkylation sites (tertiary alicyclic amines) is 1. The molecule has 0 aromatic heterocycles. The summed E-state index contributed by atoms with van der Waals surface area (Å²) in [6, 6.07) is 0. The topological polar surface area (TPSA) is 37.4 Å². The van der Waals surface area contributed by atoms with Crippen LogP contribution in [0.25, 0.3) is 0 Å². The number of carbonyl (C=O) groups excluding carboxylic acids is 2. The summed E-state index contributed by atoms with van der Waals surface area (Å²) in [6.07, 6.45) is 3.84. The fraction of sp³-hybridized carbons (Fsp3) is 0.600. The Morgan fingerprint density at radius 3 is 2.54 bits per heavy atom. The van der Waals surface area contributed by atoms with E-state index >= 15 is 0 Å². The van der Waals surface area contributed by atoms with Crippen molar-refractivity contribution in [1.82, 2.24) is 4.90 Å². The molecule has 1 aliphatic rings. The molecule has 1 heterocycles. The Morgan fingerprint density at radius 2 is 2.15 bits per heavy atom. The molecular weight excluding hydrogens is 166 g/mol. The van der Waals surface area contributed by atoms with Crippen molar-refractivity contribution in [3.63, 3.8) is 0 Å². The SMILES string of the molecule is C/C=C/C(=O)N1CCC(C)(C)C1=O. The number of hydrogen-bond donors (Lipinski definition) is 0. The summed E-state index contributed by atoms with van der Waals surface area (Å²) < 4.78 is 0. The van der Waals surface area contributed by atoms with Gasteiger partial charge in [0.2, 0.25) is 5.91 Å². The summed E-state index contributed by atoms with van der Waals surface area (Å²) in [4.78, 5) is 24.3. The highest BCUT2D eigenvalue weighted by molar-refractivity contribution is 6.03. The van der Waals surface area contributed by atoms with Gasteiger partial charge in [-0.1, -0.05) is 19.9 Å².